The van der Waals surface area contributed by atoms with Crippen molar-refractivity contribution in [3.8, 4) is 5.75 Å². The van der Waals surface area contributed by atoms with Crippen LogP contribution in [0.1, 0.15) is 62.5 Å². The zero-order chi connectivity index (χ0) is 33.1. The van der Waals surface area contributed by atoms with E-state index in [9.17, 15) is 24.3 Å². The average Bonchev–Trinajstić information content (AvgIpc) is 3.72. The van der Waals surface area contributed by atoms with Gasteiger partial charge in [0.15, 0.2) is 23.1 Å². The number of aromatic hydroxyl groups is 1. The average molecular weight is 843 g/mol. The summed E-state index contributed by atoms with van der Waals surface area (Å²) in [5.74, 6) is -2.65. The number of nitrogens with one attached hydrogen (secondary N) is 5. The Morgan fingerprint density at radius 3 is 2.02 bits per heavy atom. The van der Waals surface area contributed by atoms with Gasteiger partial charge in [0.1, 0.15) is 11.4 Å². The number of aryl methyl sites for hydroxylation is 4. The summed E-state index contributed by atoms with van der Waals surface area (Å²) in [6, 6.07) is 1.43. The third-order valence-electron chi connectivity index (χ3n) is 5.71. The molecule has 4 rings (SSSR count). The third-order valence-corrected chi connectivity index (χ3v) is 5.71. The Bertz CT molecular complexity index is 1630. The molecule has 18 nitrogen and oxygen atoms in total. The first-order chi connectivity index (χ1) is 20.9. The number of nitrogens with zero attached hydrogens (tertiary/aromatic N) is 6. The number of halogens is 1. The number of anilines is 3. The van der Waals surface area contributed by atoms with Gasteiger partial charge in [-0.05, 0) is 6.07 Å². The molecule has 4 aromatic heterocycles. The maximum atomic E-state index is 12.9. The zero-order valence-electron chi connectivity index (χ0n) is 26.0. The molecule has 0 radical (unpaired) electrons. The van der Waals surface area contributed by atoms with E-state index in [0.29, 0.717) is 0 Å². The first-order valence-electron chi connectivity index (χ1n) is 13.0. The maximum Gasteiger partial charge on any atom is -0.693 e. The molecule has 0 aliphatic carbocycles. The second-order valence-electron chi connectivity index (χ2n) is 9.25. The molecule has 0 spiro atoms. The van der Waals surface area contributed by atoms with Crippen LogP contribution in [0, 0.1) is 0 Å². The van der Waals surface area contributed by atoms with Crippen LogP contribution in [0.2, 0.25) is 0 Å². The van der Waals surface area contributed by atoms with E-state index in [1.807, 2.05) is 0 Å². The number of amides is 4. The first-order valence-corrected chi connectivity index (χ1v) is 15.8. The number of rotatable bonds is 8. The van der Waals surface area contributed by atoms with Crippen molar-refractivity contribution in [2.75, 3.05) is 22.6 Å². The van der Waals surface area contributed by atoms with Gasteiger partial charge in [0.2, 0.25) is 5.82 Å². The number of hydrogen-bond donors (Lipinski definition) is 5. The molecule has 0 fully saturated rings. The Morgan fingerprint density at radius 2 is 1.46 bits per heavy atom. The van der Waals surface area contributed by atoms with Crippen LogP contribution >= 0.6 is 9.42 Å². The normalized spacial score (nSPS) is 9.70. The quantitative estimate of drug-likeness (QED) is 0.168. The number of hydrogen-bond acceptors (Lipinski definition) is 7. The van der Waals surface area contributed by atoms with E-state index >= 15 is 0 Å². The molecule has 0 unspecified atom stereocenters. The van der Waals surface area contributed by atoms with Crippen molar-refractivity contribution in [3.05, 3.63) is 78.1 Å². The van der Waals surface area contributed by atoms with Gasteiger partial charge in [0.25, 0.3) is 23.6 Å². The molecule has 4 amide bonds. The molecule has 0 bridgehead atoms. The van der Waals surface area contributed by atoms with Gasteiger partial charge in [-0.3, -0.25) is 19.2 Å². The number of carbonyl (C=O) groups excluding carboxylic acids is 4. The summed E-state index contributed by atoms with van der Waals surface area (Å²) < 4.78 is 5.73. The molecule has 257 valence electrons. The number of nitrogens with two attached hydrogens (primary N) is 2. The van der Waals surface area contributed by atoms with Gasteiger partial charge in [-0.1, -0.05) is 26.9 Å². The fourth-order valence-electron chi connectivity index (χ4n) is 3.87. The van der Waals surface area contributed by atoms with Gasteiger partial charge in [0.05, 0.1) is 5.69 Å². The van der Waals surface area contributed by atoms with Crippen LogP contribution < -0.4 is 21.3 Å². The summed E-state index contributed by atoms with van der Waals surface area (Å²) in [6.45, 7) is 3.96. The molecule has 4 heterocycles. The molecule has 0 aromatic carbocycles. The van der Waals surface area contributed by atoms with Crippen LogP contribution in [0.5, 0.6) is 5.75 Å². The standard InChI is InChI=1S/C23H26N11O5.C3H8.ClH.2H2N.Pt/c1-31-6-5-25-18(31)22(38)30-15-10-34(4)19(29-15)23(39)28-13-9-33(3)16(17(13)35)21(37)27-12-7-14(32(2)8-12)20(36)26-11-24;1-3-2;;;;/h5-10,24,35H,11H2,1-4H3,(H,26,36)(H,27,37)(H,28,39)(H,30,38);3H2,1-2H3;1H;2*1H2;/q-1;;;2*-1;+1/p-1. The van der Waals surface area contributed by atoms with Crippen molar-refractivity contribution < 1.29 is 43.1 Å². The van der Waals surface area contributed by atoms with Crippen molar-refractivity contribution in [2.24, 2.45) is 28.2 Å². The summed E-state index contributed by atoms with van der Waals surface area (Å²) in [7, 11) is 10.9. The molecule has 20 heteroatoms. The third kappa shape index (κ3) is 10.0. The van der Waals surface area contributed by atoms with Crippen molar-refractivity contribution in [2.45, 2.75) is 20.3 Å². The number of carbonyl (C=O) groups is 4. The summed E-state index contributed by atoms with van der Waals surface area (Å²) in [6.07, 6.45) is 8.64. The SMILES string of the molecule is CCC.Cn1cc(NC(=O)c2c(O)c(NC(=O)c3nc(NC(=O)c4nccn4C)cn3C)cn2C)cc1C(=O)NC[NH-].[Cl][Pt].[NH2-].[NH2-]. The Balaban J connectivity index is 0.00000273. The van der Waals surface area contributed by atoms with Crippen LogP contribution in [-0.4, -0.2) is 63.6 Å². The Kier molecular flexibility index (Phi) is 17.3. The molecule has 0 aliphatic heterocycles. The molecule has 10 N–H and O–H groups in total. The fraction of sp³-hybridized carbons (Fsp3) is 0.308. The smallest absolute Gasteiger partial charge is 0.693 e. The van der Waals surface area contributed by atoms with Crippen LogP contribution in [0.4, 0.5) is 17.2 Å². The summed E-state index contributed by atoms with van der Waals surface area (Å²) in [5, 5.41) is 20.8. The van der Waals surface area contributed by atoms with Crippen molar-refractivity contribution in [1.82, 2.24) is 33.6 Å². The minimum absolute atomic E-state index is 0. The van der Waals surface area contributed by atoms with Crippen LogP contribution in [0.15, 0.2) is 37.1 Å². The van der Waals surface area contributed by atoms with E-state index in [2.05, 4.69) is 54.5 Å². The summed E-state index contributed by atoms with van der Waals surface area (Å²) in [5.41, 5.74) is 7.44. The predicted molar refractivity (Wildman–Crippen MR) is 172 cm³/mol. The molecular weight excluding hydrogens is 805 g/mol. The van der Waals surface area contributed by atoms with Gasteiger partial charge < -0.3 is 62.7 Å². The molecule has 46 heavy (non-hydrogen) atoms. The Hall–Kier alpha value is -4.48. The fourth-order valence-corrected chi connectivity index (χ4v) is 3.87. The van der Waals surface area contributed by atoms with Crippen LogP contribution in [0.3, 0.4) is 0 Å². The molecule has 0 saturated heterocycles. The van der Waals surface area contributed by atoms with E-state index < -0.39 is 29.4 Å². The van der Waals surface area contributed by atoms with Gasteiger partial charge >= 0.3 is 28.2 Å². The molecule has 0 saturated carbocycles. The van der Waals surface area contributed by atoms with E-state index in [1.165, 1.54) is 62.6 Å². The van der Waals surface area contributed by atoms with Gasteiger partial charge in [0, 0.05) is 59.2 Å². The minimum Gasteiger partial charge on any atom is -0.693 e. The first kappa shape index (κ1) is 41.5. The van der Waals surface area contributed by atoms with Crippen LogP contribution in [0.25, 0.3) is 18.0 Å². The number of imidazole rings is 2. The van der Waals surface area contributed by atoms with Gasteiger partial charge in [-0.2, -0.15) is 0 Å². The van der Waals surface area contributed by atoms with E-state index in [4.69, 9.17) is 5.73 Å². The Labute approximate surface area is 281 Å². The van der Waals surface area contributed by atoms with E-state index in [-0.39, 0.29) is 59.2 Å². The van der Waals surface area contributed by atoms with Crippen molar-refractivity contribution >= 4 is 50.2 Å². The number of aromatic nitrogens is 6. The van der Waals surface area contributed by atoms with E-state index in [0.717, 1.165) is 0 Å². The Morgan fingerprint density at radius 1 is 0.848 bits per heavy atom. The molecule has 0 aliphatic rings. The monoisotopic (exact) mass is 842 g/mol. The molecule has 4 aromatic rings. The second-order valence-corrected chi connectivity index (χ2v) is 9.25. The van der Waals surface area contributed by atoms with E-state index in [1.54, 1.807) is 46.1 Å². The van der Waals surface area contributed by atoms with Gasteiger partial charge in [-0.15, -0.1) is 0 Å². The summed E-state index contributed by atoms with van der Waals surface area (Å²) >= 11 is 1.61. The predicted octanol–water partition coefficient (Wildman–Crippen LogP) is 4.57. The maximum absolute atomic E-state index is 12.9. The second kappa shape index (κ2) is 19.1. The molecule has 0 atom stereocenters. The van der Waals surface area contributed by atoms with Crippen molar-refractivity contribution in [1.29, 1.82) is 0 Å². The topological polar surface area (TPSA) is 273 Å². The minimum atomic E-state index is -0.698. The van der Waals surface area contributed by atoms with Crippen molar-refractivity contribution in [3.63, 3.8) is 0 Å². The largest absolute Gasteiger partial charge is 0.693 e. The zero-order valence-corrected chi connectivity index (χ0v) is 29.0. The van der Waals surface area contributed by atoms with Gasteiger partial charge in [-0.25, -0.2) is 9.97 Å². The van der Waals surface area contributed by atoms with Crippen LogP contribution in [-0.2, 0) is 47.0 Å². The summed E-state index contributed by atoms with van der Waals surface area (Å²) in [4.78, 5) is 58.4. The molecular formula is C26H38ClN13O5Pt-3.